The third kappa shape index (κ3) is 11.4. The predicted molar refractivity (Wildman–Crippen MR) is 105 cm³/mol. The van der Waals surface area contributed by atoms with Crippen LogP contribution in [0.5, 0.6) is 0 Å². The fourth-order valence-corrected chi connectivity index (χ4v) is 3.04. The summed E-state index contributed by atoms with van der Waals surface area (Å²) in [7, 11) is 1.83. The van der Waals surface area contributed by atoms with Gasteiger partial charge in [-0.25, -0.2) is 0 Å². The molecule has 2 N–H and O–H groups in total. The molecule has 1 saturated heterocycles. The molecule has 0 spiro atoms. The first kappa shape index (κ1) is 22.2. The van der Waals surface area contributed by atoms with Crippen molar-refractivity contribution in [2.45, 2.75) is 46.0 Å². The number of hydrogen-bond acceptors (Lipinski definition) is 4. The van der Waals surface area contributed by atoms with Crippen LogP contribution in [0.3, 0.4) is 0 Å². The first-order valence-electron chi connectivity index (χ1n) is 10.1. The fourth-order valence-electron chi connectivity index (χ4n) is 3.04. The average molecular weight is 357 g/mol. The Morgan fingerprint density at radius 1 is 1.12 bits per heavy atom. The number of guanidine groups is 1. The molecule has 0 amide bonds. The molecule has 148 valence electrons. The van der Waals surface area contributed by atoms with Gasteiger partial charge in [0, 0.05) is 39.3 Å². The molecule has 1 fully saturated rings. The molecule has 1 rings (SSSR count). The zero-order valence-electron chi connectivity index (χ0n) is 16.7. The third-order valence-electron chi connectivity index (χ3n) is 4.38. The number of nitrogens with zero attached hydrogens (tertiary/aromatic N) is 2. The summed E-state index contributed by atoms with van der Waals surface area (Å²) in [6.45, 7) is 13.3. The highest BCUT2D eigenvalue weighted by molar-refractivity contribution is 5.79. The van der Waals surface area contributed by atoms with Crippen LogP contribution in [0, 0.1) is 5.92 Å². The molecule has 1 heterocycles. The normalized spacial score (nSPS) is 18.1. The van der Waals surface area contributed by atoms with Gasteiger partial charge in [0.25, 0.3) is 0 Å². The Balaban J connectivity index is 1.98. The van der Waals surface area contributed by atoms with Crippen molar-refractivity contribution < 1.29 is 9.47 Å². The topological polar surface area (TPSA) is 58.1 Å². The van der Waals surface area contributed by atoms with Gasteiger partial charge in [0.05, 0.1) is 13.2 Å². The van der Waals surface area contributed by atoms with E-state index in [9.17, 15) is 0 Å². The maximum Gasteiger partial charge on any atom is 0.190 e. The van der Waals surface area contributed by atoms with Gasteiger partial charge in [0.15, 0.2) is 5.96 Å². The molecule has 25 heavy (non-hydrogen) atoms. The van der Waals surface area contributed by atoms with E-state index in [4.69, 9.17) is 9.47 Å². The minimum Gasteiger partial charge on any atom is -0.381 e. The second-order valence-electron chi connectivity index (χ2n) is 6.78. The third-order valence-corrected chi connectivity index (χ3v) is 4.38. The van der Waals surface area contributed by atoms with Gasteiger partial charge in [-0.05, 0) is 51.7 Å². The first-order chi connectivity index (χ1) is 12.3. The summed E-state index contributed by atoms with van der Waals surface area (Å²) < 4.78 is 11.1. The molecular formula is C19H40N4O2. The van der Waals surface area contributed by atoms with E-state index in [2.05, 4.69) is 34.4 Å². The Bertz CT molecular complexity index is 327. The molecule has 0 radical (unpaired) electrons. The smallest absolute Gasteiger partial charge is 0.190 e. The molecule has 0 aromatic carbocycles. The zero-order chi connectivity index (χ0) is 18.2. The van der Waals surface area contributed by atoms with Crippen LogP contribution < -0.4 is 10.6 Å². The molecule has 1 aliphatic heterocycles. The van der Waals surface area contributed by atoms with E-state index in [-0.39, 0.29) is 0 Å². The van der Waals surface area contributed by atoms with E-state index in [0.717, 1.165) is 71.3 Å². The fraction of sp³-hybridized carbons (Fsp3) is 0.947. The summed E-state index contributed by atoms with van der Waals surface area (Å²) in [5.41, 5.74) is 0. The minimum absolute atomic E-state index is 0.599. The van der Waals surface area contributed by atoms with Crippen LogP contribution in [-0.2, 0) is 9.47 Å². The molecule has 6 nitrogen and oxygen atoms in total. The molecule has 0 aliphatic carbocycles. The van der Waals surface area contributed by atoms with Crippen molar-refractivity contribution >= 4 is 5.96 Å². The largest absolute Gasteiger partial charge is 0.381 e. The molecule has 0 aromatic rings. The Morgan fingerprint density at radius 2 is 1.84 bits per heavy atom. The Hall–Kier alpha value is -0.850. The zero-order valence-corrected chi connectivity index (χ0v) is 16.7. The second kappa shape index (κ2) is 15.4. The maximum atomic E-state index is 5.72. The van der Waals surface area contributed by atoms with Crippen LogP contribution in [-0.4, -0.2) is 77.1 Å². The Morgan fingerprint density at radius 3 is 2.44 bits per heavy atom. The van der Waals surface area contributed by atoms with Gasteiger partial charge >= 0.3 is 0 Å². The molecule has 1 unspecified atom stereocenters. The van der Waals surface area contributed by atoms with E-state index in [1.54, 1.807) is 0 Å². The quantitative estimate of drug-likeness (QED) is 0.284. The number of nitrogens with one attached hydrogen (secondary N) is 2. The Labute approximate surface area is 154 Å². The van der Waals surface area contributed by atoms with Gasteiger partial charge in [-0.1, -0.05) is 13.8 Å². The molecule has 1 aliphatic rings. The molecule has 0 saturated carbocycles. The first-order valence-corrected chi connectivity index (χ1v) is 10.1. The average Bonchev–Trinajstić information content (AvgIpc) is 3.13. The number of hydrogen-bond donors (Lipinski definition) is 2. The number of aliphatic imine (C=N–C) groups is 1. The van der Waals surface area contributed by atoms with Crippen LogP contribution in [0.15, 0.2) is 4.99 Å². The van der Waals surface area contributed by atoms with Crippen molar-refractivity contribution in [3.05, 3.63) is 0 Å². The standard InChI is InChI=1S/C19H40N4O2/c1-4-11-23(12-5-2)13-6-9-21-19(20-3)22-10-7-14-24-16-18-8-15-25-17-18/h18H,4-17H2,1-3H3,(H2,20,21,22). The summed E-state index contributed by atoms with van der Waals surface area (Å²) in [5.74, 6) is 1.49. The van der Waals surface area contributed by atoms with Crippen molar-refractivity contribution in [1.29, 1.82) is 0 Å². The van der Waals surface area contributed by atoms with Gasteiger partial charge in [0.1, 0.15) is 0 Å². The maximum absolute atomic E-state index is 5.72. The molecule has 0 bridgehead atoms. The van der Waals surface area contributed by atoms with E-state index in [1.807, 2.05) is 7.05 Å². The molecule has 0 aromatic heterocycles. The lowest BCUT2D eigenvalue weighted by Gasteiger charge is -2.21. The Kier molecular flexibility index (Phi) is 13.7. The van der Waals surface area contributed by atoms with Crippen molar-refractivity contribution in [1.82, 2.24) is 15.5 Å². The number of rotatable bonds is 14. The van der Waals surface area contributed by atoms with Gasteiger partial charge in [-0.3, -0.25) is 4.99 Å². The highest BCUT2D eigenvalue weighted by atomic mass is 16.5. The van der Waals surface area contributed by atoms with Gasteiger partial charge < -0.3 is 25.0 Å². The number of ether oxygens (including phenoxy) is 2. The van der Waals surface area contributed by atoms with E-state index in [0.29, 0.717) is 5.92 Å². The monoisotopic (exact) mass is 356 g/mol. The molecule has 1 atom stereocenters. The van der Waals surface area contributed by atoms with Crippen LogP contribution in [0.1, 0.15) is 46.0 Å². The van der Waals surface area contributed by atoms with Crippen LogP contribution in [0.25, 0.3) is 0 Å². The summed E-state index contributed by atoms with van der Waals surface area (Å²) in [5, 5.41) is 6.76. The van der Waals surface area contributed by atoms with E-state index in [1.165, 1.54) is 25.9 Å². The lowest BCUT2D eigenvalue weighted by Crippen LogP contribution is -2.39. The lowest BCUT2D eigenvalue weighted by atomic mass is 10.1. The minimum atomic E-state index is 0.599. The van der Waals surface area contributed by atoms with Gasteiger partial charge in [-0.2, -0.15) is 0 Å². The van der Waals surface area contributed by atoms with Crippen molar-refractivity contribution in [3.8, 4) is 0 Å². The van der Waals surface area contributed by atoms with Crippen molar-refractivity contribution in [2.75, 3.05) is 66.2 Å². The van der Waals surface area contributed by atoms with Crippen molar-refractivity contribution in [3.63, 3.8) is 0 Å². The molecular weight excluding hydrogens is 316 g/mol. The summed E-state index contributed by atoms with van der Waals surface area (Å²) in [6, 6.07) is 0. The lowest BCUT2D eigenvalue weighted by molar-refractivity contribution is 0.0888. The van der Waals surface area contributed by atoms with E-state index >= 15 is 0 Å². The van der Waals surface area contributed by atoms with Crippen LogP contribution >= 0.6 is 0 Å². The van der Waals surface area contributed by atoms with E-state index < -0.39 is 0 Å². The summed E-state index contributed by atoms with van der Waals surface area (Å²) in [4.78, 5) is 6.83. The summed E-state index contributed by atoms with van der Waals surface area (Å²) >= 11 is 0. The van der Waals surface area contributed by atoms with Crippen LogP contribution in [0.4, 0.5) is 0 Å². The second-order valence-corrected chi connectivity index (χ2v) is 6.78. The highest BCUT2D eigenvalue weighted by Crippen LogP contribution is 2.12. The molecule has 6 heteroatoms. The van der Waals surface area contributed by atoms with Crippen LogP contribution in [0.2, 0.25) is 0 Å². The SMILES string of the molecule is CCCN(CCC)CCCNC(=NC)NCCCOCC1CCOC1. The van der Waals surface area contributed by atoms with Gasteiger partial charge in [0.2, 0.25) is 0 Å². The van der Waals surface area contributed by atoms with Crippen molar-refractivity contribution in [2.24, 2.45) is 10.9 Å². The van der Waals surface area contributed by atoms with Gasteiger partial charge in [-0.15, -0.1) is 0 Å². The summed E-state index contributed by atoms with van der Waals surface area (Å²) in [6.07, 6.45) is 5.74. The predicted octanol–water partition coefficient (Wildman–Crippen LogP) is 2.11. The highest BCUT2D eigenvalue weighted by Gasteiger charge is 2.15.